The number of hydrogen-bond acceptors (Lipinski definition) is 3. The number of nitrogens with one attached hydrogen (secondary N) is 1. The van der Waals surface area contributed by atoms with E-state index in [1.807, 2.05) is 26.0 Å². The SMILES string of the molecule is CC(C)(CCOC(C)(C)C(F)(F)F)Nc1ccc(N)cc1. The smallest absolute Gasteiger partial charge is 0.399 e. The number of nitrogens with two attached hydrogens (primary N) is 1. The Bertz CT molecular complexity index is 453. The summed E-state index contributed by atoms with van der Waals surface area (Å²) in [6.45, 7) is 5.91. The van der Waals surface area contributed by atoms with Crippen molar-refractivity contribution >= 4 is 11.4 Å². The molecule has 0 unspecified atom stereocenters. The summed E-state index contributed by atoms with van der Waals surface area (Å²) in [5.41, 5.74) is 4.61. The molecule has 120 valence electrons. The average molecular weight is 304 g/mol. The number of hydrogen-bond donors (Lipinski definition) is 2. The maximum atomic E-state index is 12.7. The van der Waals surface area contributed by atoms with Crippen LogP contribution in [-0.4, -0.2) is 23.9 Å². The molecule has 0 aliphatic carbocycles. The minimum Gasteiger partial charge on any atom is -0.399 e. The maximum Gasteiger partial charge on any atom is 0.416 e. The summed E-state index contributed by atoms with van der Waals surface area (Å²) >= 11 is 0. The van der Waals surface area contributed by atoms with Crippen LogP contribution in [0.2, 0.25) is 0 Å². The molecule has 0 radical (unpaired) electrons. The molecule has 0 saturated heterocycles. The Hall–Kier alpha value is -1.43. The second-order valence-electron chi connectivity index (χ2n) is 6.24. The fourth-order valence-corrected chi connectivity index (χ4v) is 1.66. The topological polar surface area (TPSA) is 47.3 Å². The lowest BCUT2D eigenvalue weighted by molar-refractivity contribution is -0.264. The minimum atomic E-state index is -4.37. The lowest BCUT2D eigenvalue weighted by Crippen LogP contribution is -2.43. The molecule has 0 amide bonds. The molecule has 0 atom stereocenters. The van der Waals surface area contributed by atoms with Crippen LogP contribution in [0.4, 0.5) is 24.5 Å². The van der Waals surface area contributed by atoms with E-state index in [4.69, 9.17) is 10.5 Å². The number of halogens is 3. The van der Waals surface area contributed by atoms with E-state index < -0.39 is 17.3 Å². The predicted octanol–water partition coefficient (Wildman–Crippen LogP) is 4.21. The largest absolute Gasteiger partial charge is 0.416 e. The Labute approximate surface area is 123 Å². The van der Waals surface area contributed by atoms with E-state index in [1.165, 1.54) is 0 Å². The summed E-state index contributed by atoms with van der Waals surface area (Å²) in [6.07, 6.45) is -3.93. The van der Waals surface area contributed by atoms with Gasteiger partial charge in [-0.05, 0) is 58.4 Å². The van der Waals surface area contributed by atoms with Gasteiger partial charge in [-0.2, -0.15) is 13.2 Å². The van der Waals surface area contributed by atoms with Gasteiger partial charge in [0.2, 0.25) is 0 Å². The zero-order valence-corrected chi connectivity index (χ0v) is 12.8. The molecule has 0 bridgehead atoms. The standard InChI is InChI=1S/C15H23F3N2O/c1-13(2,20-12-7-5-11(19)6-8-12)9-10-21-14(3,4)15(16,17)18/h5-8,20H,9-10,19H2,1-4H3. The summed E-state index contributed by atoms with van der Waals surface area (Å²) in [7, 11) is 0. The minimum absolute atomic E-state index is 0.0154. The van der Waals surface area contributed by atoms with Crippen molar-refractivity contribution in [1.29, 1.82) is 0 Å². The van der Waals surface area contributed by atoms with Crippen molar-refractivity contribution in [2.24, 2.45) is 0 Å². The van der Waals surface area contributed by atoms with Crippen LogP contribution >= 0.6 is 0 Å². The second kappa shape index (κ2) is 6.13. The van der Waals surface area contributed by atoms with E-state index in [9.17, 15) is 13.2 Å². The molecule has 21 heavy (non-hydrogen) atoms. The van der Waals surface area contributed by atoms with E-state index in [0.29, 0.717) is 12.1 Å². The molecule has 0 aromatic heterocycles. The maximum absolute atomic E-state index is 12.7. The van der Waals surface area contributed by atoms with Crippen LogP contribution < -0.4 is 11.1 Å². The second-order valence-corrected chi connectivity index (χ2v) is 6.24. The van der Waals surface area contributed by atoms with Crippen molar-refractivity contribution in [3.63, 3.8) is 0 Å². The molecule has 0 aliphatic heterocycles. The summed E-state index contributed by atoms with van der Waals surface area (Å²) in [5.74, 6) is 0. The van der Waals surface area contributed by atoms with Crippen LogP contribution in [-0.2, 0) is 4.74 Å². The van der Waals surface area contributed by atoms with Crippen LogP contribution in [0.25, 0.3) is 0 Å². The molecule has 1 aromatic rings. The molecule has 3 N–H and O–H groups in total. The molecule has 6 heteroatoms. The van der Waals surface area contributed by atoms with Gasteiger partial charge in [-0.1, -0.05) is 0 Å². The Morgan fingerprint density at radius 3 is 2.05 bits per heavy atom. The lowest BCUT2D eigenvalue weighted by atomic mass is 10.0. The van der Waals surface area contributed by atoms with Crippen molar-refractivity contribution in [2.45, 2.75) is 51.4 Å². The molecule has 0 fully saturated rings. The lowest BCUT2D eigenvalue weighted by Gasteiger charge is -2.32. The normalized spacial score (nSPS) is 13.3. The number of ether oxygens (including phenoxy) is 1. The first-order chi connectivity index (χ1) is 9.43. The van der Waals surface area contributed by atoms with Gasteiger partial charge in [-0.25, -0.2) is 0 Å². The fraction of sp³-hybridized carbons (Fsp3) is 0.600. The van der Waals surface area contributed by atoms with Crippen molar-refractivity contribution in [3.8, 4) is 0 Å². The number of anilines is 2. The van der Waals surface area contributed by atoms with Crippen molar-refractivity contribution in [2.75, 3.05) is 17.7 Å². The third kappa shape index (κ3) is 5.46. The van der Waals surface area contributed by atoms with Gasteiger partial charge in [0.25, 0.3) is 0 Å². The molecular weight excluding hydrogens is 281 g/mol. The van der Waals surface area contributed by atoms with Crippen molar-refractivity contribution in [1.82, 2.24) is 0 Å². The van der Waals surface area contributed by atoms with E-state index in [1.54, 1.807) is 12.1 Å². The highest BCUT2D eigenvalue weighted by atomic mass is 19.4. The Balaban J connectivity index is 2.52. The Morgan fingerprint density at radius 1 is 1.05 bits per heavy atom. The average Bonchev–Trinajstić information content (AvgIpc) is 2.30. The van der Waals surface area contributed by atoms with Gasteiger partial charge in [0.1, 0.15) is 0 Å². The van der Waals surface area contributed by atoms with Gasteiger partial charge in [0.05, 0.1) is 0 Å². The summed E-state index contributed by atoms with van der Waals surface area (Å²) in [4.78, 5) is 0. The quantitative estimate of drug-likeness (QED) is 0.774. The van der Waals surface area contributed by atoms with Gasteiger partial charge < -0.3 is 15.8 Å². The van der Waals surface area contributed by atoms with Crippen LogP contribution in [0.15, 0.2) is 24.3 Å². The number of alkyl halides is 3. The van der Waals surface area contributed by atoms with E-state index in [-0.39, 0.29) is 6.61 Å². The van der Waals surface area contributed by atoms with E-state index in [0.717, 1.165) is 19.5 Å². The van der Waals surface area contributed by atoms with Crippen molar-refractivity contribution in [3.05, 3.63) is 24.3 Å². The molecule has 3 nitrogen and oxygen atoms in total. The van der Waals surface area contributed by atoms with Gasteiger partial charge in [0, 0.05) is 23.5 Å². The van der Waals surface area contributed by atoms with Gasteiger partial charge in [-0.15, -0.1) is 0 Å². The van der Waals surface area contributed by atoms with Crippen LogP contribution in [0.1, 0.15) is 34.1 Å². The highest BCUT2D eigenvalue weighted by Gasteiger charge is 2.48. The number of nitrogen functional groups attached to an aromatic ring is 1. The van der Waals surface area contributed by atoms with Gasteiger partial charge >= 0.3 is 6.18 Å². The van der Waals surface area contributed by atoms with Crippen molar-refractivity contribution < 1.29 is 17.9 Å². The molecule has 0 saturated carbocycles. The molecule has 1 rings (SSSR count). The zero-order chi connectivity index (χ0) is 16.3. The first-order valence-electron chi connectivity index (χ1n) is 6.77. The predicted molar refractivity (Wildman–Crippen MR) is 79.3 cm³/mol. The zero-order valence-electron chi connectivity index (χ0n) is 12.8. The summed E-state index contributed by atoms with van der Waals surface area (Å²) in [6, 6.07) is 7.19. The van der Waals surface area contributed by atoms with E-state index in [2.05, 4.69) is 5.32 Å². The van der Waals surface area contributed by atoms with Crippen LogP contribution in [0, 0.1) is 0 Å². The Morgan fingerprint density at radius 2 is 1.57 bits per heavy atom. The summed E-state index contributed by atoms with van der Waals surface area (Å²) in [5, 5.41) is 3.25. The highest BCUT2D eigenvalue weighted by Crippen LogP contribution is 2.33. The fourth-order valence-electron chi connectivity index (χ4n) is 1.66. The first-order valence-corrected chi connectivity index (χ1v) is 6.77. The molecular formula is C15H23F3N2O. The third-order valence-electron chi connectivity index (χ3n) is 3.27. The summed E-state index contributed by atoms with van der Waals surface area (Å²) < 4.78 is 43.1. The first kappa shape index (κ1) is 17.6. The highest BCUT2D eigenvalue weighted by molar-refractivity contribution is 5.52. The Kier molecular flexibility index (Phi) is 5.15. The van der Waals surface area contributed by atoms with Gasteiger partial charge in [-0.3, -0.25) is 0 Å². The third-order valence-corrected chi connectivity index (χ3v) is 3.27. The van der Waals surface area contributed by atoms with Crippen LogP contribution in [0.5, 0.6) is 0 Å². The van der Waals surface area contributed by atoms with Crippen LogP contribution in [0.3, 0.4) is 0 Å². The molecule has 0 spiro atoms. The molecule has 0 aliphatic rings. The molecule has 1 aromatic carbocycles. The molecule has 0 heterocycles. The monoisotopic (exact) mass is 304 g/mol. The van der Waals surface area contributed by atoms with Gasteiger partial charge in [0.15, 0.2) is 5.60 Å². The number of rotatable bonds is 6. The van der Waals surface area contributed by atoms with E-state index >= 15 is 0 Å². The number of benzene rings is 1.